The van der Waals surface area contributed by atoms with Crippen molar-refractivity contribution in [1.29, 1.82) is 0 Å². The van der Waals surface area contributed by atoms with Crippen molar-refractivity contribution in [3.63, 3.8) is 0 Å². The second kappa shape index (κ2) is 9.45. The fourth-order valence-corrected chi connectivity index (χ4v) is 4.66. The Balaban J connectivity index is 0.00000132. The molecular weight excluding hydrogens is 333 g/mol. The van der Waals surface area contributed by atoms with Gasteiger partial charge in [0, 0.05) is 18.5 Å². The first-order valence-corrected chi connectivity index (χ1v) is 8.85. The zero-order valence-corrected chi connectivity index (χ0v) is 15.8. The van der Waals surface area contributed by atoms with Gasteiger partial charge in [-0.3, -0.25) is 4.79 Å². The van der Waals surface area contributed by atoms with Gasteiger partial charge >= 0.3 is 0 Å². The Morgan fingerprint density at radius 3 is 2.22 bits per heavy atom. The highest BCUT2D eigenvalue weighted by Gasteiger charge is 2.40. The number of carbonyl (C=O) groups excluding carboxylic acids is 1. The Bertz CT molecular complexity index is 361. The fourth-order valence-electron chi connectivity index (χ4n) is 4.66. The topological polar surface area (TPSA) is 58.4 Å². The predicted molar refractivity (Wildman–Crippen MR) is 99.3 cm³/mol. The van der Waals surface area contributed by atoms with Crippen LogP contribution in [0, 0.1) is 23.7 Å². The largest absolute Gasteiger partial charge is 0.356 e. The molecule has 1 heterocycles. The maximum atomic E-state index is 12.5. The van der Waals surface area contributed by atoms with E-state index in [1.807, 2.05) is 0 Å². The molecule has 0 radical (unpaired) electrons. The molecule has 0 aromatic carbocycles. The first-order chi connectivity index (χ1) is 10.1. The van der Waals surface area contributed by atoms with Gasteiger partial charge in [0.2, 0.25) is 5.91 Å². The van der Waals surface area contributed by atoms with Crippen LogP contribution in [0.4, 0.5) is 0 Å². The molecule has 6 heteroatoms. The summed E-state index contributed by atoms with van der Waals surface area (Å²) in [7, 11) is 2.18. The maximum absolute atomic E-state index is 12.5. The first-order valence-electron chi connectivity index (χ1n) is 8.85. The number of hydrogen-bond donors (Lipinski definition) is 2. The van der Waals surface area contributed by atoms with Crippen molar-refractivity contribution in [1.82, 2.24) is 10.2 Å². The molecule has 3 fully saturated rings. The summed E-state index contributed by atoms with van der Waals surface area (Å²) >= 11 is 0. The van der Waals surface area contributed by atoms with Crippen molar-refractivity contribution in [2.24, 2.45) is 29.4 Å². The summed E-state index contributed by atoms with van der Waals surface area (Å²) in [5, 5.41) is 3.24. The van der Waals surface area contributed by atoms with Gasteiger partial charge in [-0.05, 0) is 76.4 Å². The van der Waals surface area contributed by atoms with Crippen molar-refractivity contribution in [3.05, 3.63) is 0 Å². The van der Waals surface area contributed by atoms with Gasteiger partial charge < -0.3 is 16.0 Å². The van der Waals surface area contributed by atoms with E-state index in [0.29, 0.717) is 29.7 Å². The van der Waals surface area contributed by atoms with Crippen LogP contribution in [-0.2, 0) is 4.79 Å². The minimum absolute atomic E-state index is 0. The number of amides is 1. The molecule has 0 aromatic heterocycles. The molecule has 23 heavy (non-hydrogen) atoms. The molecule has 136 valence electrons. The van der Waals surface area contributed by atoms with E-state index in [9.17, 15) is 4.79 Å². The number of carbonyl (C=O) groups is 1. The number of hydrogen-bond acceptors (Lipinski definition) is 3. The van der Waals surface area contributed by atoms with Crippen molar-refractivity contribution >= 4 is 30.7 Å². The molecule has 4 nitrogen and oxygen atoms in total. The number of likely N-dealkylation sites (tertiary alicyclic amines) is 1. The Kier molecular flexibility index (Phi) is 8.64. The molecule has 2 aliphatic carbocycles. The molecule has 2 saturated carbocycles. The van der Waals surface area contributed by atoms with Crippen molar-refractivity contribution in [2.45, 2.75) is 51.0 Å². The molecule has 0 aromatic rings. The van der Waals surface area contributed by atoms with E-state index in [-0.39, 0.29) is 30.7 Å². The molecule has 1 saturated heterocycles. The van der Waals surface area contributed by atoms with Crippen molar-refractivity contribution < 1.29 is 4.79 Å². The van der Waals surface area contributed by atoms with Crippen molar-refractivity contribution in [2.75, 3.05) is 26.7 Å². The van der Waals surface area contributed by atoms with Crippen LogP contribution in [0.2, 0.25) is 0 Å². The van der Waals surface area contributed by atoms with Gasteiger partial charge in [0.1, 0.15) is 0 Å². The number of rotatable bonds is 3. The number of piperidine rings is 1. The van der Waals surface area contributed by atoms with Gasteiger partial charge in [0.15, 0.2) is 0 Å². The molecule has 1 amide bonds. The Morgan fingerprint density at radius 2 is 1.65 bits per heavy atom. The van der Waals surface area contributed by atoms with E-state index < -0.39 is 0 Å². The molecule has 3 N–H and O–H groups in total. The van der Waals surface area contributed by atoms with Gasteiger partial charge in [-0.15, -0.1) is 24.8 Å². The van der Waals surface area contributed by atoms with Crippen LogP contribution >= 0.6 is 24.8 Å². The summed E-state index contributed by atoms with van der Waals surface area (Å²) < 4.78 is 0. The average Bonchev–Trinajstić information content (AvgIpc) is 2.46. The van der Waals surface area contributed by atoms with Crippen LogP contribution in [0.25, 0.3) is 0 Å². The lowest BCUT2D eigenvalue weighted by Crippen LogP contribution is -2.49. The van der Waals surface area contributed by atoms with Crippen LogP contribution < -0.4 is 11.1 Å². The lowest BCUT2D eigenvalue weighted by molar-refractivity contribution is -0.128. The second-order valence-corrected chi connectivity index (χ2v) is 7.69. The number of fused-ring (bicyclic) bond motifs is 2. The summed E-state index contributed by atoms with van der Waals surface area (Å²) in [6, 6.07) is 0.358. The highest BCUT2D eigenvalue weighted by molar-refractivity contribution is 5.85. The Hall–Kier alpha value is -0.0300. The van der Waals surface area contributed by atoms with Gasteiger partial charge in [0.05, 0.1) is 0 Å². The van der Waals surface area contributed by atoms with Crippen LogP contribution in [0.5, 0.6) is 0 Å². The van der Waals surface area contributed by atoms with Gasteiger partial charge in [-0.25, -0.2) is 0 Å². The lowest BCUT2D eigenvalue weighted by atomic mass is 9.65. The molecule has 2 bridgehead atoms. The van der Waals surface area contributed by atoms with Crippen LogP contribution in [0.15, 0.2) is 0 Å². The molecule has 2 unspecified atom stereocenters. The third-order valence-electron chi connectivity index (χ3n) is 6.19. The quantitative estimate of drug-likeness (QED) is 0.807. The number of nitrogens with two attached hydrogens (primary N) is 1. The minimum atomic E-state index is 0. The van der Waals surface area contributed by atoms with Gasteiger partial charge in [0.25, 0.3) is 0 Å². The van der Waals surface area contributed by atoms with Gasteiger partial charge in [-0.2, -0.15) is 0 Å². The predicted octanol–water partition coefficient (Wildman–Crippen LogP) is 2.44. The smallest absolute Gasteiger partial charge is 0.223 e. The highest BCUT2D eigenvalue weighted by atomic mass is 35.5. The first kappa shape index (κ1) is 21.0. The summed E-state index contributed by atoms with van der Waals surface area (Å²) in [5.74, 6) is 2.40. The second-order valence-electron chi connectivity index (χ2n) is 7.69. The van der Waals surface area contributed by atoms with E-state index >= 15 is 0 Å². The molecule has 2 atom stereocenters. The monoisotopic (exact) mass is 365 g/mol. The number of halogens is 2. The summed E-state index contributed by atoms with van der Waals surface area (Å²) in [6.07, 6.45) is 8.27. The number of nitrogens with zero attached hydrogens (tertiary/aromatic N) is 1. The lowest BCUT2D eigenvalue weighted by Gasteiger charge is -2.43. The van der Waals surface area contributed by atoms with E-state index in [2.05, 4.69) is 17.3 Å². The number of nitrogens with one attached hydrogen (secondary N) is 1. The molecule has 1 aliphatic heterocycles. The average molecular weight is 366 g/mol. The van der Waals surface area contributed by atoms with Crippen LogP contribution in [0.3, 0.4) is 0 Å². The van der Waals surface area contributed by atoms with E-state index in [1.165, 1.54) is 45.2 Å². The fraction of sp³-hybridized carbons (Fsp3) is 0.941. The SMILES string of the molecule is CN1CCC(CNC(=O)C2CC3CCCC(C2)C3N)CC1.Cl.Cl. The summed E-state index contributed by atoms with van der Waals surface area (Å²) in [6.45, 7) is 3.22. The zero-order valence-electron chi connectivity index (χ0n) is 14.2. The Morgan fingerprint density at radius 1 is 1.09 bits per heavy atom. The molecule has 3 aliphatic rings. The summed E-state index contributed by atoms with van der Waals surface area (Å²) in [5.41, 5.74) is 6.31. The molecular formula is C17H33Cl2N3O. The maximum Gasteiger partial charge on any atom is 0.223 e. The normalized spacial score (nSPS) is 34.9. The summed E-state index contributed by atoms with van der Waals surface area (Å²) in [4.78, 5) is 14.9. The Labute approximate surface area is 153 Å². The minimum Gasteiger partial charge on any atom is -0.356 e. The highest BCUT2D eigenvalue weighted by Crippen LogP contribution is 2.41. The van der Waals surface area contributed by atoms with E-state index in [1.54, 1.807) is 0 Å². The molecule has 3 rings (SSSR count). The standard InChI is InChI=1S/C17H31N3O.2ClH/c1-20-7-5-12(6-8-20)11-19-17(21)15-9-13-3-2-4-14(10-15)16(13)18;;/h12-16H,2-11,18H2,1H3,(H,19,21);2*1H. The third kappa shape index (κ3) is 5.22. The van der Waals surface area contributed by atoms with Gasteiger partial charge in [-0.1, -0.05) is 6.42 Å². The zero-order chi connectivity index (χ0) is 14.8. The van der Waals surface area contributed by atoms with Crippen LogP contribution in [0.1, 0.15) is 44.9 Å². The van der Waals surface area contributed by atoms with E-state index in [0.717, 1.165) is 19.4 Å². The van der Waals surface area contributed by atoms with Crippen molar-refractivity contribution in [3.8, 4) is 0 Å². The third-order valence-corrected chi connectivity index (χ3v) is 6.19. The molecule has 0 spiro atoms. The van der Waals surface area contributed by atoms with Crippen LogP contribution in [-0.4, -0.2) is 43.5 Å². The van der Waals surface area contributed by atoms with E-state index in [4.69, 9.17) is 5.73 Å².